The molecule has 0 bridgehead atoms. The summed E-state index contributed by atoms with van der Waals surface area (Å²) >= 11 is 0. The molecule has 2 aromatic carbocycles. The number of hydrogen-bond acceptors (Lipinski definition) is 0. The van der Waals surface area contributed by atoms with E-state index in [4.69, 9.17) is 0 Å². The molecular weight excluding hydrogens is 206 g/mol. The van der Waals surface area contributed by atoms with E-state index in [1.54, 1.807) is 0 Å². The van der Waals surface area contributed by atoms with Crippen LogP contribution < -0.4 is 5.32 Å². The molecule has 0 spiro atoms. The van der Waals surface area contributed by atoms with E-state index in [0.717, 1.165) is 0 Å². The van der Waals surface area contributed by atoms with Gasteiger partial charge in [-0.05, 0) is 24.6 Å². The van der Waals surface area contributed by atoms with Crippen LogP contribution in [0.3, 0.4) is 0 Å². The van der Waals surface area contributed by atoms with Gasteiger partial charge in [0.1, 0.15) is 6.04 Å². The molecule has 0 amide bonds. The minimum Gasteiger partial charge on any atom is -0.338 e. The number of quaternary nitrogens is 1. The van der Waals surface area contributed by atoms with E-state index in [9.17, 15) is 0 Å². The summed E-state index contributed by atoms with van der Waals surface area (Å²) in [5.41, 5.74) is 1.47. The van der Waals surface area contributed by atoms with Crippen LogP contribution >= 0.6 is 0 Å². The summed E-state index contributed by atoms with van der Waals surface area (Å²) in [7, 11) is 0. The van der Waals surface area contributed by atoms with Gasteiger partial charge in [0.25, 0.3) is 0 Å². The summed E-state index contributed by atoms with van der Waals surface area (Å²) in [6.07, 6.45) is 1.17. The summed E-state index contributed by atoms with van der Waals surface area (Å²) in [6.45, 7) is 6.78. The first-order valence-corrected chi connectivity index (χ1v) is 6.55. The first kappa shape index (κ1) is 12.1. The third-order valence-corrected chi connectivity index (χ3v) is 3.28. The van der Waals surface area contributed by atoms with E-state index in [-0.39, 0.29) is 0 Å². The zero-order valence-corrected chi connectivity index (χ0v) is 11.0. The Morgan fingerprint density at radius 1 is 1.00 bits per heavy atom. The molecule has 2 rings (SSSR count). The number of rotatable bonds is 4. The van der Waals surface area contributed by atoms with Gasteiger partial charge in [-0.15, -0.1) is 0 Å². The second-order valence-corrected chi connectivity index (χ2v) is 5.02. The number of nitrogens with two attached hydrogens (primary N) is 1. The molecule has 0 saturated heterocycles. The van der Waals surface area contributed by atoms with Crippen LogP contribution in [0.25, 0.3) is 10.8 Å². The molecule has 2 aromatic rings. The van der Waals surface area contributed by atoms with Gasteiger partial charge in [-0.2, -0.15) is 0 Å². The Morgan fingerprint density at radius 2 is 1.71 bits per heavy atom. The molecule has 1 nitrogen and oxygen atoms in total. The van der Waals surface area contributed by atoms with E-state index < -0.39 is 0 Å². The molecule has 0 aliphatic rings. The number of benzene rings is 2. The van der Waals surface area contributed by atoms with Crippen molar-refractivity contribution in [3.05, 3.63) is 48.0 Å². The van der Waals surface area contributed by atoms with Crippen LogP contribution in [0, 0.1) is 0 Å². The Bertz CT molecular complexity index is 482. The van der Waals surface area contributed by atoms with Gasteiger partial charge in [0.15, 0.2) is 0 Å². The van der Waals surface area contributed by atoms with Crippen LogP contribution in [0.1, 0.15) is 38.8 Å². The van der Waals surface area contributed by atoms with Gasteiger partial charge in [0, 0.05) is 12.0 Å². The van der Waals surface area contributed by atoms with Gasteiger partial charge in [-0.1, -0.05) is 49.4 Å². The first-order chi connectivity index (χ1) is 8.22. The molecule has 1 unspecified atom stereocenters. The molecule has 2 N–H and O–H groups in total. The van der Waals surface area contributed by atoms with E-state index in [1.807, 2.05) is 0 Å². The van der Waals surface area contributed by atoms with Crippen molar-refractivity contribution in [2.75, 3.05) is 0 Å². The summed E-state index contributed by atoms with van der Waals surface area (Å²) < 4.78 is 0. The van der Waals surface area contributed by atoms with Gasteiger partial charge in [-0.3, -0.25) is 0 Å². The maximum atomic E-state index is 2.46. The van der Waals surface area contributed by atoms with E-state index in [2.05, 4.69) is 68.6 Å². The molecule has 0 saturated carbocycles. The van der Waals surface area contributed by atoms with Crippen molar-refractivity contribution in [2.24, 2.45) is 0 Å². The van der Waals surface area contributed by atoms with Crippen LogP contribution in [0.5, 0.6) is 0 Å². The molecule has 17 heavy (non-hydrogen) atoms. The molecule has 90 valence electrons. The van der Waals surface area contributed by atoms with E-state index >= 15 is 0 Å². The number of fused-ring (bicyclic) bond motifs is 1. The Labute approximate surface area is 104 Å². The molecular formula is C16H22N+. The van der Waals surface area contributed by atoms with Crippen molar-refractivity contribution in [2.45, 2.75) is 39.3 Å². The molecule has 0 aromatic heterocycles. The van der Waals surface area contributed by atoms with Crippen LogP contribution in [0.15, 0.2) is 42.5 Å². The maximum Gasteiger partial charge on any atom is 0.112 e. The topological polar surface area (TPSA) is 16.6 Å². The van der Waals surface area contributed by atoms with Gasteiger partial charge in [0.05, 0.1) is 6.04 Å². The van der Waals surface area contributed by atoms with Crippen molar-refractivity contribution < 1.29 is 5.32 Å². The third-order valence-electron chi connectivity index (χ3n) is 3.28. The van der Waals surface area contributed by atoms with Crippen molar-refractivity contribution in [1.29, 1.82) is 0 Å². The highest BCUT2D eigenvalue weighted by molar-refractivity contribution is 5.85. The average Bonchev–Trinajstić information content (AvgIpc) is 2.35. The molecule has 0 aliphatic heterocycles. The zero-order valence-electron chi connectivity index (χ0n) is 11.0. The fourth-order valence-electron chi connectivity index (χ4n) is 2.50. The minimum atomic E-state index is 0.570. The fraction of sp³-hybridized carbons (Fsp3) is 0.375. The third kappa shape index (κ3) is 2.67. The minimum absolute atomic E-state index is 0.570. The number of hydrogen-bond donors (Lipinski definition) is 1. The molecule has 1 heteroatoms. The monoisotopic (exact) mass is 228 g/mol. The highest BCUT2D eigenvalue weighted by atomic mass is 14.9. The lowest BCUT2D eigenvalue weighted by Crippen LogP contribution is -2.89. The Balaban J connectivity index is 2.46. The predicted molar refractivity (Wildman–Crippen MR) is 74.0 cm³/mol. The predicted octanol–water partition coefficient (Wildman–Crippen LogP) is 3.26. The SMILES string of the molecule is CCC([NH2+]C(C)C)c1cccc2ccccc12. The summed E-state index contributed by atoms with van der Waals surface area (Å²) in [6, 6.07) is 16.5. The highest BCUT2D eigenvalue weighted by Crippen LogP contribution is 2.23. The Hall–Kier alpha value is -1.34. The first-order valence-electron chi connectivity index (χ1n) is 6.55. The normalized spacial score (nSPS) is 13.2. The van der Waals surface area contributed by atoms with Crippen molar-refractivity contribution in [1.82, 2.24) is 0 Å². The van der Waals surface area contributed by atoms with Crippen LogP contribution in [-0.2, 0) is 0 Å². The Kier molecular flexibility index (Phi) is 3.80. The van der Waals surface area contributed by atoms with Crippen molar-refractivity contribution in [3.63, 3.8) is 0 Å². The molecule has 1 atom stereocenters. The molecule has 0 heterocycles. The largest absolute Gasteiger partial charge is 0.338 e. The fourth-order valence-corrected chi connectivity index (χ4v) is 2.50. The second-order valence-electron chi connectivity index (χ2n) is 5.02. The lowest BCUT2D eigenvalue weighted by atomic mass is 9.97. The second kappa shape index (κ2) is 5.33. The quantitative estimate of drug-likeness (QED) is 0.827. The smallest absolute Gasteiger partial charge is 0.112 e. The summed E-state index contributed by atoms with van der Waals surface area (Å²) in [4.78, 5) is 0. The average molecular weight is 228 g/mol. The summed E-state index contributed by atoms with van der Waals surface area (Å²) in [5, 5.41) is 5.21. The zero-order chi connectivity index (χ0) is 12.3. The van der Waals surface area contributed by atoms with E-state index in [1.165, 1.54) is 22.8 Å². The van der Waals surface area contributed by atoms with Gasteiger partial charge >= 0.3 is 0 Å². The van der Waals surface area contributed by atoms with Gasteiger partial charge in [0.2, 0.25) is 0 Å². The molecule has 0 aliphatic carbocycles. The Morgan fingerprint density at radius 3 is 2.41 bits per heavy atom. The standard InChI is InChI=1S/C16H21N/c1-4-16(17-12(2)3)15-11-7-9-13-8-5-6-10-14(13)15/h5-12,16-17H,4H2,1-3H3/p+1. The van der Waals surface area contributed by atoms with Crippen molar-refractivity contribution in [3.8, 4) is 0 Å². The lowest BCUT2D eigenvalue weighted by Gasteiger charge is -2.18. The van der Waals surface area contributed by atoms with Crippen molar-refractivity contribution >= 4 is 10.8 Å². The van der Waals surface area contributed by atoms with Crippen LogP contribution in [0.4, 0.5) is 0 Å². The van der Waals surface area contributed by atoms with Crippen LogP contribution in [0.2, 0.25) is 0 Å². The van der Waals surface area contributed by atoms with Gasteiger partial charge in [-0.25, -0.2) is 0 Å². The molecule has 0 fully saturated rings. The van der Waals surface area contributed by atoms with Gasteiger partial charge < -0.3 is 5.32 Å². The van der Waals surface area contributed by atoms with Crippen LogP contribution in [-0.4, -0.2) is 6.04 Å². The van der Waals surface area contributed by atoms with E-state index in [0.29, 0.717) is 12.1 Å². The highest BCUT2D eigenvalue weighted by Gasteiger charge is 2.16. The molecule has 0 radical (unpaired) electrons. The summed E-state index contributed by atoms with van der Waals surface area (Å²) in [5.74, 6) is 0. The lowest BCUT2D eigenvalue weighted by molar-refractivity contribution is -0.722. The maximum absolute atomic E-state index is 2.46.